The van der Waals surface area contributed by atoms with Gasteiger partial charge < -0.3 is 10.5 Å². The van der Waals surface area contributed by atoms with E-state index in [2.05, 4.69) is 35.8 Å². The summed E-state index contributed by atoms with van der Waals surface area (Å²) in [6.07, 6.45) is 0. The highest BCUT2D eigenvalue weighted by atomic mass is 32.2. The fourth-order valence-corrected chi connectivity index (χ4v) is 3.78. The molecule has 0 fully saturated rings. The molecule has 0 unspecified atom stereocenters. The number of carbonyl (C=O) groups is 1. The van der Waals surface area contributed by atoms with Gasteiger partial charge in [0.05, 0.1) is 18.5 Å². The number of anilines is 1. The predicted octanol–water partition coefficient (Wildman–Crippen LogP) is 2.69. The quantitative estimate of drug-likeness (QED) is 0.228. The van der Waals surface area contributed by atoms with E-state index in [0.717, 1.165) is 16.2 Å². The number of nitrogens with one attached hydrogen (secondary N) is 1. The zero-order valence-corrected chi connectivity index (χ0v) is 18.6. The Bertz CT molecular complexity index is 1270. The summed E-state index contributed by atoms with van der Waals surface area (Å²) in [5, 5.41) is 19.6. The summed E-state index contributed by atoms with van der Waals surface area (Å²) < 4.78 is 11.2. The Morgan fingerprint density at radius 3 is 2.61 bits per heavy atom. The molecule has 0 aliphatic rings. The normalized spacial score (nSPS) is 11.4. The summed E-state index contributed by atoms with van der Waals surface area (Å²) in [6.45, 7) is 1.78. The molecule has 4 rings (SSSR count). The minimum Gasteiger partial charge on any atom is -0.497 e. The van der Waals surface area contributed by atoms with E-state index in [0.29, 0.717) is 17.2 Å². The molecule has 0 spiro atoms. The zero-order valence-electron chi connectivity index (χ0n) is 17.8. The van der Waals surface area contributed by atoms with Gasteiger partial charge in [-0.05, 0) is 59.2 Å². The van der Waals surface area contributed by atoms with Crippen molar-refractivity contribution in [3.63, 3.8) is 0 Å². The highest BCUT2D eigenvalue weighted by molar-refractivity contribution is 7.98. The van der Waals surface area contributed by atoms with Crippen molar-refractivity contribution in [1.82, 2.24) is 30.7 Å². The molecule has 3 N–H and O–H groups in total. The Morgan fingerprint density at radius 2 is 1.94 bits per heavy atom. The van der Waals surface area contributed by atoms with Crippen molar-refractivity contribution in [2.45, 2.75) is 17.6 Å². The molecule has 0 bridgehead atoms. The van der Waals surface area contributed by atoms with E-state index in [1.807, 2.05) is 54.6 Å². The molecule has 0 saturated carbocycles. The van der Waals surface area contributed by atoms with Crippen molar-refractivity contribution in [3.8, 4) is 11.6 Å². The van der Waals surface area contributed by atoms with E-state index in [-0.39, 0.29) is 17.3 Å². The van der Waals surface area contributed by atoms with Gasteiger partial charge in [-0.15, -0.1) is 16.9 Å². The molecule has 0 aliphatic carbocycles. The van der Waals surface area contributed by atoms with Crippen molar-refractivity contribution in [2.24, 2.45) is 5.10 Å². The first kappa shape index (κ1) is 22.0. The van der Waals surface area contributed by atoms with E-state index in [1.54, 1.807) is 14.0 Å². The van der Waals surface area contributed by atoms with Crippen LogP contribution in [0.3, 0.4) is 0 Å². The van der Waals surface area contributed by atoms with E-state index < -0.39 is 5.91 Å². The van der Waals surface area contributed by atoms with Crippen LogP contribution < -0.4 is 15.9 Å². The van der Waals surface area contributed by atoms with Crippen molar-refractivity contribution < 1.29 is 14.2 Å². The Morgan fingerprint density at radius 1 is 1.18 bits per heavy atom. The molecular weight excluding hydrogens is 444 g/mol. The number of aromatic nitrogens is 5. The number of hydrogen-bond donors (Lipinski definition) is 2. The van der Waals surface area contributed by atoms with E-state index in [4.69, 9.17) is 10.5 Å². The third-order valence-electron chi connectivity index (χ3n) is 4.63. The molecule has 2 aromatic carbocycles. The summed E-state index contributed by atoms with van der Waals surface area (Å²) in [7, 11) is 1.60. The van der Waals surface area contributed by atoms with Crippen LogP contribution in [0, 0.1) is 0 Å². The molecule has 168 valence electrons. The number of methoxy groups -OCH3 is 1. The number of ether oxygens (including phenoxy) is 1. The van der Waals surface area contributed by atoms with Gasteiger partial charge in [-0.25, -0.2) is 10.1 Å². The number of hydrogen-bond acceptors (Lipinski definition) is 10. The summed E-state index contributed by atoms with van der Waals surface area (Å²) >= 11 is 1.50. The molecule has 1 amide bonds. The average Bonchev–Trinajstić information content (AvgIpc) is 3.47. The number of nitrogens with two attached hydrogens (primary N) is 1. The maximum atomic E-state index is 12.9. The lowest BCUT2D eigenvalue weighted by Crippen LogP contribution is -2.21. The first-order valence-corrected chi connectivity index (χ1v) is 10.7. The number of amides is 1. The number of carbonyl (C=O) groups excluding carboxylic acids is 1. The standard InChI is InChI=1S/C21H20N8O3S/c1-13(14-8-10-15(31-2)11-9-14)23-25-21(30)18-17(12-33-16-6-4-3-5-7-16)29(28-24-18)20-19(22)26-32-27-20/h3-11H,12H2,1-2H3,(H2,22,26)(H,25,30)/b23-13-. The minimum absolute atomic E-state index is 0.0335. The highest BCUT2D eigenvalue weighted by Gasteiger charge is 2.24. The van der Waals surface area contributed by atoms with E-state index >= 15 is 0 Å². The van der Waals surface area contributed by atoms with Gasteiger partial charge in [0.25, 0.3) is 5.91 Å². The summed E-state index contributed by atoms with van der Waals surface area (Å²) in [5.41, 5.74) is 10.4. The smallest absolute Gasteiger partial charge is 0.293 e. The monoisotopic (exact) mass is 464 g/mol. The van der Waals surface area contributed by atoms with Gasteiger partial charge in [0, 0.05) is 10.6 Å². The van der Waals surface area contributed by atoms with Crippen molar-refractivity contribution in [2.75, 3.05) is 12.8 Å². The number of benzene rings is 2. The first-order valence-electron chi connectivity index (χ1n) is 9.76. The number of thioether (sulfide) groups is 1. The molecule has 0 saturated heterocycles. The maximum Gasteiger partial charge on any atom is 0.293 e. The van der Waals surface area contributed by atoms with Crippen LogP contribution >= 0.6 is 11.8 Å². The lowest BCUT2D eigenvalue weighted by molar-refractivity contribution is 0.0949. The van der Waals surface area contributed by atoms with Crippen LogP contribution in [-0.4, -0.2) is 44.0 Å². The van der Waals surface area contributed by atoms with Crippen LogP contribution in [0.2, 0.25) is 0 Å². The van der Waals surface area contributed by atoms with Crippen LogP contribution in [0.25, 0.3) is 5.82 Å². The number of nitrogen functional groups attached to an aromatic ring is 1. The second kappa shape index (κ2) is 9.96. The fourth-order valence-electron chi connectivity index (χ4n) is 2.87. The SMILES string of the molecule is COc1ccc(/C(C)=N\NC(=O)c2nnn(-c3nonc3N)c2CSc2ccccc2)cc1. The van der Waals surface area contributed by atoms with Crippen LogP contribution in [0.1, 0.15) is 28.7 Å². The van der Waals surface area contributed by atoms with Crippen molar-refractivity contribution in [1.29, 1.82) is 0 Å². The summed E-state index contributed by atoms with van der Waals surface area (Å²) in [6, 6.07) is 17.1. The van der Waals surface area contributed by atoms with Crippen LogP contribution in [0.4, 0.5) is 5.82 Å². The lowest BCUT2D eigenvalue weighted by atomic mass is 10.1. The van der Waals surface area contributed by atoms with Gasteiger partial charge in [-0.2, -0.15) is 9.78 Å². The van der Waals surface area contributed by atoms with E-state index in [9.17, 15) is 4.79 Å². The van der Waals surface area contributed by atoms with Crippen LogP contribution in [0.15, 0.2) is 69.2 Å². The second-order valence-electron chi connectivity index (χ2n) is 6.74. The average molecular weight is 465 g/mol. The Balaban J connectivity index is 1.58. The molecule has 0 radical (unpaired) electrons. The second-order valence-corrected chi connectivity index (χ2v) is 7.79. The lowest BCUT2D eigenvalue weighted by Gasteiger charge is -2.06. The van der Waals surface area contributed by atoms with E-state index in [1.165, 1.54) is 16.4 Å². The van der Waals surface area contributed by atoms with Gasteiger partial charge in [0.1, 0.15) is 5.75 Å². The minimum atomic E-state index is -0.521. The molecular formula is C21H20N8O3S. The Labute approximate surface area is 193 Å². The molecule has 0 atom stereocenters. The maximum absolute atomic E-state index is 12.9. The van der Waals surface area contributed by atoms with Gasteiger partial charge in [0.2, 0.25) is 11.6 Å². The molecule has 4 aromatic rings. The molecule has 11 nitrogen and oxygen atoms in total. The third kappa shape index (κ3) is 5.01. The van der Waals surface area contributed by atoms with Crippen LogP contribution in [-0.2, 0) is 5.75 Å². The van der Waals surface area contributed by atoms with Gasteiger partial charge in [-0.1, -0.05) is 23.4 Å². The van der Waals surface area contributed by atoms with Gasteiger partial charge in [0.15, 0.2) is 5.69 Å². The predicted molar refractivity (Wildman–Crippen MR) is 122 cm³/mol. The molecule has 33 heavy (non-hydrogen) atoms. The zero-order chi connectivity index (χ0) is 23.2. The molecule has 0 aliphatic heterocycles. The largest absolute Gasteiger partial charge is 0.497 e. The first-order chi connectivity index (χ1) is 16.1. The number of nitrogens with zero attached hydrogens (tertiary/aromatic N) is 6. The van der Waals surface area contributed by atoms with Gasteiger partial charge >= 0.3 is 0 Å². The number of hydrazone groups is 1. The molecule has 2 aromatic heterocycles. The highest BCUT2D eigenvalue weighted by Crippen LogP contribution is 2.25. The van der Waals surface area contributed by atoms with Crippen molar-refractivity contribution >= 4 is 29.2 Å². The van der Waals surface area contributed by atoms with Gasteiger partial charge in [-0.3, -0.25) is 4.79 Å². The van der Waals surface area contributed by atoms with Crippen LogP contribution in [0.5, 0.6) is 5.75 Å². The number of rotatable bonds is 8. The summed E-state index contributed by atoms with van der Waals surface area (Å²) in [4.78, 5) is 13.9. The Kier molecular flexibility index (Phi) is 6.64. The topological polar surface area (TPSA) is 146 Å². The molecule has 2 heterocycles. The fraction of sp³-hybridized carbons (Fsp3) is 0.143. The molecule has 12 heteroatoms. The summed E-state index contributed by atoms with van der Waals surface area (Å²) in [5.74, 6) is 0.768. The Hall–Kier alpha value is -4.19. The van der Waals surface area contributed by atoms with Crippen molar-refractivity contribution in [3.05, 3.63) is 71.5 Å². The third-order valence-corrected chi connectivity index (χ3v) is 5.65.